The van der Waals surface area contributed by atoms with Gasteiger partial charge in [-0.05, 0) is 24.1 Å². The van der Waals surface area contributed by atoms with Crippen LogP contribution >= 0.6 is 0 Å². The van der Waals surface area contributed by atoms with Gasteiger partial charge in [0.2, 0.25) is 0 Å². The summed E-state index contributed by atoms with van der Waals surface area (Å²) in [7, 11) is 0. The number of non-ortho nitro benzene ring substituents is 1. The van der Waals surface area contributed by atoms with Crippen LogP contribution in [0.15, 0.2) is 29.8 Å². The Morgan fingerprint density at radius 3 is 2.79 bits per heavy atom. The summed E-state index contributed by atoms with van der Waals surface area (Å²) in [5.74, 6) is 0. The number of benzene rings is 1. The highest BCUT2D eigenvalue weighted by atomic mass is 16.6. The molecule has 72 valence electrons. The van der Waals surface area contributed by atoms with Crippen molar-refractivity contribution in [3.63, 3.8) is 0 Å². The van der Waals surface area contributed by atoms with Gasteiger partial charge in [-0.2, -0.15) is 0 Å². The molecule has 0 spiro atoms. The number of aldehydes is 1. The first kappa shape index (κ1) is 10.1. The molecular formula is C10H9NO3. The van der Waals surface area contributed by atoms with Crippen molar-refractivity contribution in [2.45, 2.75) is 6.92 Å². The smallest absolute Gasteiger partial charge is 0.270 e. The fraction of sp³-hybridized carbons (Fsp3) is 0.100. The van der Waals surface area contributed by atoms with E-state index in [0.29, 0.717) is 17.4 Å². The van der Waals surface area contributed by atoms with E-state index in [1.54, 1.807) is 25.1 Å². The first-order valence-corrected chi connectivity index (χ1v) is 4.01. The predicted molar refractivity (Wildman–Crippen MR) is 52.8 cm³/mol. The fourth-order valence-electron chi connectivity index (χ4n) is 1.03. The van der Waals surface area contributed by atoms with Crippen molar-refractivity contribution in [1.29, 1.82) is 0 Å². The van der Waals surface area contributed by atoms with E-state index in [0.717, 1.165) is 0 Å². The minimum absolute atomic E-state index is 0.0254. The number of hydrogen-bond donors (Lipinski definition) is 0. The van der Waals surface area contributed by atoms with Crippen molar-refractivity contribution < 1.29 is 9.72 Å². The van der Waals surface area contributed by atoms with Crippen LogP contribution in [-0.2, 0) is 4.79 Å². The quantitative estimate of drug-likeness (QED) is 0.318. The van der Waals surface area contributed by atoms with Crippen LogP contribution in [0.25, 0.3) is 6.08 Å². The van der Waals surface area contributed by atoms with Crippen LogP contribution in [0.2, 0.25) is 0 Å². The Hall–Kier alpha value is -1.97. The van der Waals surface area contributed by atoms with E-state index in [1.165, 1.54) is 12.1 Å². The molecule has 0 saturated carbocycles. The second kappa shape index (κ2) is 4.32. The summed E-state index contributed by atoms with van der Waals surface area (Å²) in [6.07, 6.45) is 2.30. The highest BCUT2D eigenvalue weighted by Crippen LogP contribution is 2.14. The molecule has 0 fully saturated rings. The summed E-state index contributed by atoms with van der Waals surface area (Å²) in [4.78, 5) is 20.3. The minimum atomic E-state index is -0.465. The topological polar surface area (TPSA) is 60.2 Å². The molecule has 0 amide bonds. The van der Waals surface area contributed by atoms with E-state index < -0.39 is 4.92 Å². The molecule has 0 aromatic heterocycles. The number of carbonyl (C=O) groups is 1. The molecule has 1 aromatic rings. The van der Waals surface area contributed by atoms with Crippen LogP contribution in [0.1, 0.15) is 12.5 Å². The van der Waals surface area contributed by atoms with E-state index in [1.807, 2.05) is 0 Å². The molecular weight excluding hydrogens is 182 g/mol. The van der Waals surface area contributed by atoms with E-state index in [4.69, 9.17) is 0 Å². The normalized spacial score (nSPS) is 11.1. The Morgan fingerprint density at radius 1 is 1.50 bits per heavy atom. The van der Waals surface area contributed by atoms with Gasteiger partial charge in [-0.1, -0.05) is 12.1 Å². The Labute approximate surface area is 81.0 Å². The fourth-order valence-corrected chi connectivity index (χ4v) is 1.03. The number of hydrogen-bond acceptors (Lipinski definition) is 3. The molecule has 4 heteroatoms. The van der Waals surface area contributed by atoms with Crippen LogP contribution in [0.3, 0.4) is 0 Å². The lowest BCUT2D eigenvalue weighted by Gasteiger charge is -1.94. The Balaban J connectivity index is 3.06. The lowest BCUT2D eigenvalue weighted by Crippen LogP contribution is -1.87. The van der Waals surface area contributed by atoms with Crippen molar-refractivity contribution >= 4 is 18.0 Å². The molecule has 4 nitrogen and oxygen atoms in total. The average Bonchev–Trinajstić information content (AvgIpc) is 2.18. The van der Waals surface area contributed by atoms with Crippen molar-refractivity contribution in [2.24, 2.45) is 0 Å². The Kier molecular flexibility index (Phi) is 3.12. The van der Waals surface area contributed by atoms with E-state index in [9.17, 15) is 14.9 Å². The molecule has 1 aromatic carbocycles. The lowest BCUT2D eigenvalue weighted by atomic mass is 10.1. The van der Waals surface area contributed by atoms with Gasteiger partial charge in [0.05, 0.1) is 4.92 Å². The minimum Gasteiger partial charge on any atom is -0.298 e. The maximum atomic E-state index is 10.4. The van der Waals surface area contributed by atoms with Crippen LogP contribution in [-0.4, -0.2) is 11.2 Å². The maximum Gasteiger partial charge on any atom is 0.270 e. The average molecular weight is 191 g/mol. The van der Waals surface area contributed by atoms with Crippen LogP contribution < -0.4 is 0 Å². The largest absolute Gasteiger partial charge is 0.298 e. The van der Waals surface area contributed by atoms with Crippen molar-refractivity contribution in [2.75, 3.05) is 0 Å². The molecule has 0 atom stereocenters. The molecule has 0 unspecified atom stereocenters. The van der Waals surface area contributed by atoms with Crippen LogP contribution in [0, 0.1) is 10.1 Å². The molecule has 0 bridgehead atoms. The van der Waals surface area contributed by atoms with Gasteiger partial charge < -0.3 is 0 Å². The zero-order valence-corrected chi connectivity index (χ0v) is 7.64. The SMILES string of the molecule is CC(C=O)=Cc1cccc([N+](=O)[O-])c1. The maximum absolute atomic E-state index is 10.4. The summed E-state index contributed by atoms with van der Waals surface area (Å²) >= 11 is 0. The lowest BCUT2D eigenvalue weighted by molar-refractivity contribution is -0.384. The number of nitro benzene ring substituents is 1. The number of allylic oxidation sites excluding steroid dienone is 1. The van der Waals surface area contributed by atoms with Gasteiger partial charge in [0.15, 0.2) is 0 Å². The molecule has 0 radical (unpaired) electrons. The third-order valence-corrected chi connectivity index (χ3v) is 1.66. The third-order valence-electron chi connectivity index (χ3n) is 1.66. The highest BCUT2D eigenvalue weighted by molar-refractivity contribution is 5.80. The Morgan fingerprint density at radius 2 is 2.21 bits per heavy atom. The summed E-state index contributed by atoms with van der Waals surface area (Å²) in [5, 5.41) is 10.4. The monoisotopic (exact) mass is 191 g/mol. The van der Waals surface area contributed by atoms with E-state index in [-0.39, 0.29) is 5.69 Å². The second-order valence-corrected chi connectivity index (χ2v) is 2.86. The van der Waals surface area contributed by atoms with Gasteiger partial charge in [-0.15, -0.1) is 0 Å². The zero-order chi connectivity index (χ0) is 10.6. The summed E-state index contributed by atoms with van der Waals surface area (Å²) in [6.45, 7) is 1.64. The van der Waals surface area contributed by atoms with Crippen LogP contribution in [0.4, 0.5) is 5.69 Å². The van der Waals surface area contributed by atoms with Crippen molar-refractivity contribution in [1.82, 2.24) is 0 Å². The summed E-state index contributed by atoms with van der Waals surface area (Å²) in [6, 6.07) is 6.13. The van der Waals surface area contributed by atoms with Gasteiger partial charge in [0.1, 0.15) is 6.29 Å². The molecule has 1 rings (SSSR count). The summed E-state index contributed by atoms with van der Waals surface area (Å²) in [5.41, 5.74) is 1.21. The van der Waals surface area contributed by atoms with Gasteiger partial charge in [-0.25, -0.2) is 0 Å². The predicted octanol–water partition coefficient (Wildman–Crippen LogP) is 2.20. The molecule has 14 heavy (non-hydrogen) atoms. The first-order chi connectivity index (χ1) is 6.63. The van der Waals surface area contributed by atoms with Crippen molar-refractivity contribution in [3.8, 4) is 0 Å². The number of rotatable bonds is 3. The van der Waals surface area contributed by atoms with Gasteiger partial charge in [0, 0.05) is 12.1 Å². The molecule has 0 saturated heterocycles. The first-order valence-electron chi connectivity index (χ1n) is 4.01. The molecule has 0 aliphatic rings. The number of nitro groups is 1. The standard InChI is InChI=1S/C10H9NO3/c1-8(7-12)5-9-3-2-4-10(6-9)11(13)14/h2-7H,1H3. The summed E-state index contributed by atoms with van der Waals surface area (Å²) < 4.78 is 0. The zero-order valence-electron chi connectivity index (χ0n) is 7.64. The van der Waals surface area contributed by atoms with Gasteiger partial charge in [-0.3, -0.25) is 14.9 Å². The Bertz CT molecular complexity index is 396. The second-order valence-electron chi connectivity index (χ2n) is 2.86. The van der Waals surface area contributed by atoms with E-state index in [2.05, 4.69) is 0 Å². The highest BCUT2D eigenvalue weighted by Gasteiger charge is 2.03. The number of carbonyl (C=O) groups excluding carboxylic acids is 1. The van der Waals surface area contributed by atoms with Gasteiger partial charge >= 0.3 is 0 Å². The van der Waals surface area contributed by atoms with E-state index >= 15 is 0 Å². The molecule has 0 aliphatic carbocycles. The van der Waals surface area contributed by atoms with Crippen molar-refractivity contribution in [3.05, 3.63) is 45.5 Å². The molecule has 0 N–H and O–H groups in total. The third kappa shape index (κ3) is 2.52. The number of nitrogens with zero attached hydrogens (tertiary/aromatic N) is 1. The van der Waals surface area contributed by atoms with Crippen LogP contribution in [0.5, 0.6) is 0 Å². The molecule has 0 heterocycles. The van der Waals surface area contributed by atoms with Gasteiger partial charge in [0.25, 0.3) is 5.69 Å². The molecule has 0 aliphatic heterocycles.